The van der Waals surface area contributed by atoms with Crippen LogP contribution in [0.5, 0.6) is 0 Å². The smallest absolute Gasteiger partial charge is 0.267 e. The van der Waals surface area contributed by atoms with E-state index in [9.17, 15) is 4.79 Å². The summed E-state index contributed by atoms with van der Waals surface area (Å²) in [5.74, 6) is -0.110. The lowest BCUT2D eigenvalue weighted by Gasteiger charge is -2.03. The van der Waals surface area contributed by atoms with E-state index in [0.717, 1.165) is 27.9 Å². The predicted octanol–water partition coefficient (Wildman–Crippen LogP) is 2.44. The zero-order chi connectivity index (χ0) is 14.1. The molecule has 0 fully saturated rings. The van der Waals surface area contributed by atoms with E-state index >= 15 is 0 Å². The van der Waals surface area contributed by atoms with Crippen LogP contribution < -0.4 is 5.32 Å². The second-order valence-electron chi connectivity index (χ2n) is 4.87. The summed E-state index contributed by atoms with van der Waals surface area (Å²) < 4.78 is 0. The van der Waals surface area contributed by atoms with E-state index in [1.165, 1.54) is 0 Å². The Labute approximate surface area is 116 Å². The van der Waals surface area contributed by atoms with Crippen LogP contribution in [0, 0.1) is 13.8 Å². The van der Waals surface area contributed by atoms with Gasteiger partial charge in [-0.2, -0.15) is 5.10 Å². The lowest BCUT2D eigenvalue weighted by molar-refractivity contribution is 0.0946. The van der Waals surface area contributed by atoms with Crippen LogP contribution in [0.15, 0.2) is 30.3 Å². The van der Waals surface area contributed by atoms with Gasteiger partial charge in [0, 0.05) is 28.7 Å². The first-order valence-electron chi connectivity index (χ1n) is 6.51. The molecule has 0 atom stereocenters. The van der Waals surface area contributed by atoms with Crippen molar-refractivity contribution in [2.45, 2.75) is 20.4 Å². The van der Waals surface area contributed by atoms with Gasteiger partial charge in [0.1, 0.15) is 5.69 Å². The van der Waals surface area contributed by atoms with Crippen molar-refractivity contribution in [1.29, 1.82) is 0 Å². The highest BCUT2D eigenvalue weighted by Crippen LogP contribution is 2.15. The Morgan fingerprint density at radius 2 is 2.10 bits per heavy atom. The molecule has 5 nitrogen and oxygen atoms in total. The second kappa shape index (κ2) is 4.85. The molecule has 3 N–H and O–H groups in total. The summed E-state index contributed by atoms with van der Waals surface area (Å²) in [4.78, 5) is 15.3. The maximum Gasteiger partial charge on any atom is 0.267 e. The second-order valence-corrected chi connectivity index (χ2v) is 4.87. The lowest BCUT2D eigenvalue weighted by Crippen LogP contribution is -2.23. The molecule has 0 aliphatic heterocycles. The highest BCUT2D eigenvalue weighted by Gasteiger charge is 2.11. The van der Waals surface area contributed by atoms with Crippen molar-refractivity contribution in [2.75, 3.05) is 0 Å². The van der Waals surface area contributed by atoms with Gasteiger partial charge in [-0.25, -0.2) is 0 Å². The van der Waals surface area contributed by atoms with Crippen molar-refractivity contribution in [3.8, 4) is 0 Å². The van der Waals surface area contributed by atoms with Crippen molar-refractivity contribution in [2.24, 2.45) is 0 Å². The summed E-state index contributed by atoms with van der Waals surface area (Å²) >= 11 is 0. The maximum absolute atomic E-state index is 12.2. The number of carbonyl (C=O) groups is 1. The van der Waals surface area contributed by atoms with Gasteiger partial charge in [-0.05, 0) is 26.0 Å². The number of hydrogen-bond donors (Lipinski definition) is 3. The predicted molar refractivity (Wildman–Crippen MR) is 77.5 cm³/mol. The minimum Gasteiger partial charge on any atom is -0.351 e. The Balaban J connectivity index is 1.76. The Morgan fingerprint density at radius 3 is 2.80 bits per heavy atom. The quantitative estimate of drug-likeness (QED) is 0.682. The molecule has 2 heterocycles. The van der Waals surface area contributed by atoms with E-state index in [1.807, 2.05) is 44.2 Å². The van der Waals surface area contributed by atoms with Crippen molar-refractivity contribution < 1.29 is 4.79 Å². The lowest BCUT2D eigenvalue weighted by atomic mass is 10.2. The number of amides is 1. The van der Waals surface area contributed by atoms with E-state index < -0.39 is 0 Å². The van der Waals surface area contributed by atoms with Crippen LogP contribution in [0.2, 0.25) is 0 Å². The van der Waals surface area contributed by atoms with Crippen molar-refractivity contribution in [1.82, 2.24) is 20.5 Å². The summed E-state index contributed by atoms with van der Waals surface area (Å²) in [6.45, 7) is 4.35. The maximum atomic E-state index is 12.2. The van der Waals surface area contributed by atoms with Crippen LogP contribution in [0.25, 0.3) is 10.9 Å². The average Bonchev–Trinajstić information content (AvgIpc) is 3.01. The molecule has 0 saturated carbocycles. The summed E-state index contributed by atoms with van der Waals surface area (Å²) in [7, 11) is 0. The Bertz CT molecular complexity index is 717. The molecule has 2 aromatic heterocycles. The molecule has 0 spiro atoms. The van der Waals surface area contributed by atoms with Crippen LogP contribution in [-0.4, -0.2) is 21.1 Å². The van der Waals surface area contributed by atoms with Crippen LogP contribution in [0.3, 0.4) is 0 Å². The van der Waals surface area contributed by atoms with Crippen LogP contribution >= 0.6 is 0 Å². The standard InChI is InChI=1S/C15H16N4O/c1-9-12(10(2)19-18-9)8-16-15(20)14-7-11-5-3-4-6-13(11)17-14/h3-7,17H,8H2,1-2H3,(H,16,20)(H,18,19). The van der Waals surface area contributed by atoms with E-state index in [2.05, 4.69) is 20.5 Å². The number of H-pyrrole nitrogens is 2. The van der Waals surface area contributed by atoms with Gasteiger partial charge in [0.15, 0.2) is 0 Å². The number of aromatic nitrogens is 3. The van der Waals surface area contributed by atoms with Gasteiger partial charge >= 0.3 is 0 Å². The minimum atomic E-state index is -0.110. The summed E-state index contributed by atoms with van der Waals surface area (Å²) in [6, 6.07) is 9.69. The highest BCUT2D eigenvalue weighted by molar-refractivity contribution is 5.97. The topological polar surface area (TPSA) is 73.6 Å². The van der Waals surface area contributed by atoms with Gasteiger partial charge in [0.05, 0.1) is 5.69 Å². The molecule has 0 bridgehead atoms. The number of fused-ring (bicyclic) bond motifs is 1. The number of aromatic amines is 2. The van der Waals surface area contributed by atoms with E-state index in [0.29, 0.717) is 12.2 Å². The van der Waals surface area contributed by atoms with Gasteiger partial charge < -0.3 is 10.3 Å². The van der Waals surface area contributed by atoms with Gasteiger partial charge in [0.2, 0.25) is 0 Å². The molecule has 0 unspecified atom stereocenters. The van der Waals surface area contributed by atoms with Gasteiger partial charge in [-0.3, -0.25) is 9.89 Å². The Morgan fingerprint density at radius 1 is 1.30 bits per heavy atom. The minimum absolute atomic E-state index is 0.110. The average molecular weight is 268 g/mol. The Hall–Kier alpha value is -2.56. The number of aryl methyl sites for hydroxylation is 2. The zero-order valence-electron chi connectivity index (χ0n) is 11.4. The number of nitrogens with zero attached hydrogens (tertiary/aromatic N) is 1. The number of rotatable bonds is 3. The van der Waals surface area contributed by atoms with Crippen LogP contribution in [0.4, 0.5) is 0 Å². The number of hydrogen-bond acceptors (Lipinski definition) is 2. The first-order chi connectivity index (χ1) is 9.65. The van der Waals surface area contributed by atoms with Crippen molar-refractivity contribution in [3.05, 3.63) is 53.0 Å². The Kier molecular flexibility index (Phi) is 3.02. The SMILES string of the molecule is Cc1n[nH]c(C)c1CNC(=O)c1cc2ccccc2[nH]1. The molecule has 0 aliphatic carbocycles. The fourth-order valence-corrected chi connectivity index (χ4v) is 2.29. The number of para-hydroxylation sites is 1. The molecule has 1 amide bonds. The highest BCUT2D eigenvalue weighted by atomic mass is 16.1. The summed E-state index contributed by atoms with van der Waals surface area (Å²) in [6.07, 6.45) is 0. The van der Waals surface area contributed by atoms with E-state index in [-0.39, 0.29) is 5.91 Å². The molecule has 3 aromatic rings. The first kappa shape index (κ1) is 12.5. The molecule has 0 radical (unpaired) electrons. The largest absolute Gasteiger partial charge is 0.351 e. The molecule has 0 aliphatic rings. The van der Waals surface area contributed by atoms with Gasteiger partial charge in [-0.15, -0.1) is 0 Å². The third kappa shape index (κ3) is 2.18. The van der Waals surface area contributed by atoms with Gasteiger partial charge in [-0.1, -0.05) is 18.2 Å². The fraction of sp³-hybridized carbons (Fsp3) is 0.200. The van der Waals surface area contributed by atoms with Crippen LogP contribution in [0.1, 0.15) is 27.4 Å². The number of nitrogens with one attached hydrogen (secondary N) is 3. The summed E-state index contributed by atoms with van der Waals surface area (Å²) in [5, 5.41) is 11.0. The molecule has 3 rings (SSSR count). The first-order valence-corrected chi connectivity index (χ1v) is 6.51. The van der Waals surface area contributed by atoms with E-state index in [1.54, 1.807) is 0 Å². The fourth-order valence-electron chi connectivity index (χ4n) is 2.29. The molecule has 5 heteroatoms. The number of carbonyl (C=O) groups excluding carboxylic acids is 1. The van der Waals surface area contributed by atoms with Crippen LogP contribution in [-0.2, 0) is 6.54 Å². The molecule has 20 heavy (non-hydrogen) atoms. The molecular weight excluding hydrogens is 252 g/mol. The van der Waals surface area contributed by atoms with Crippen molar-refractivity contribution >= 4 is 16.8 Å². The monoisotopic (exact) mass is 268 g/mol. The van der Waals surface area contributed by atoms with E-state index in [4.69, 9.17) is 0 Å². The van der Waals surface area contributed by atoms with Gasteiger partial charge in [0.25, 0.3) is 5.91 Å². The summed E-state index contributed by atoms with van der Waals surface area (Å²) in [5.41, 5.74) is 4.48. The normalized spacial score (nSPS) is 10.9. The molecule has 102 valence electrons. The molecule has 0 saturated heterocycles. The third-order valence-electron chi connectivity index (χ3n) is 3.48. The zero-order valence-corrected chi connectivity index (χ0v) is 11.4. The molecular formula is C15H16N4O. The molecule has 1 aromatic carbocycles. The number of benzene rings is 1. The van der Waals surface area contributed by atoms with Crippen molar-refractivity contribution in [3.63, 3.8) is 0 Å². The third-order valence-corrected chi connectivity index (χ3v) is 3.48.